The van der Waals surface area contributed by atoms with Crippen molar-refractivity contribution in [3.8, 4) is 0 Å². The molecule has 4 nitrogen and oxygen atoms in total. The highest BCUT2D eigenvalue weighted by Crippen LogP contribution is 2.08. The number of carbonyl (C=O) groups is 1. The first kappa shape index (κ1) is 25.4. The number of nitrogens with zero attached hydrogens (tertiary/aromatic N) is 1. The molecule has 0 aliphatic carbocycles. The first-order valence-electron chi connectivity index (χ1n) is 8.87. The maximum atomic E-state index is 12.1. The third-order valence-corrected chi connectivity index (χ3v) is 4.52. The zero-order valence-electron chi connectivity index (χ0n) is 16.0. The Hall–Kier alpha value is -1.59. The van der Waals surface area contributed by atoms with Gasteiger partial charge in [0.2, 0.25) is 5.91 Å². The summed E-state index contributed by atoms with van der Waals surface area (Å²) in [6, 6.07) is 20.2. The summed E-state index contributed by atoms with van der Waals surface area (Å²) in [5, 5.41) is 2.96. The molecule has 2 atom stereocenters. The Morgan fingerprint density at radius 1 is 1.00 bits per heavy atom. The summed E-state index contributed by atoms with van der Waals surface area (Å²) in [6.07, 6.45) is 1.46. The van der Waals surface area contributed by atoms with E-state index in [1.165, 1.54) is 5.56 Å². The minimum absolute atomic E-state index is 0. The smallest absolute Gasteiger partial charge is 0.237 e. The second kappa shape index (κ2) is 13.6. The molecule has 0 saturated heterocycles. The Labute approximate surface area is 175 Å². The quantitative estimate of drug-likeness (QED) is 0.664. The molecular weight excluding hydrogens is 381 g/mol. The normalized spacial score (nSPS) is 12.4. The van der Waals surface area contributed by atoms with Gasteiger partial charge >= 0.3 is 0 Å². The number of benzene rings is 2. The molecule has 3 N–H and O–H groups in total. The van der Waals surface area contributed by atoms with Crippen LogP contribution < -0.4 is 11.1 Å². The molecule has 0 spiro atoms. The van der Waals surface area contributed by atoms with Crippen LogP contribution in [0.3, 0.4) is 0 Å². The lowest BCUT2D eigenvalue weighted by molar-refractivity contribution is -0.122. The molecule has 6 heteroatoms. The molecule has 2 unspecified atom stereocenters. The third-order valence-electron chi connectivity index (χ3n) is 4.52. The zero-order chi connectivity index (χ0) is 18.1. The second-order valence-corrected chi connectivity index (χ2v) is 6.63. The largest absolute Gasteiger partial charge is 0.355 e. The number of nitrogens with two attached hydrogens (primary N) is 1. The topological polar surface area (TPSA) is 58.4 Å². The maximum Gasteiger partial charge on any atom is 0.237 e. The maximum absolute atomic E-state index is 12.1. The Balaban J connectivity index is 0.00000338. The van der Waals surface area contributed by atoms with Gasteiger partial charge in [-0.15, -0.1) is 24.8 Å². The first-order chi connectivity index (χ1) is 12.1. The van der Waals surface area contributed by atoms with Crippen LogP contribution in [0.4, 0.5) is 0 Å². The molecule has 27 heavy (non-hydrogen) atoms. The van der Waals surface area contributed by atoms with Gasteiger partial charge in [-0.05, 0) is 37.9 Å². The summed E-state index contributed by atoms with van der Waals surface area (Å²) >= 11 is 0. The molecule has 0 saturated carbocycles. The fourth-order valence-corrected chi connectivity index (χ4v) is 2.74. The van der Waals surface area contributed by atoms with E-state index in [2.05, 4.69) is 48.5 Å². The SMILES string of the molecule is CC(CCNC(=O)C(N)Cc1ccccc1)N(C)Cc1ccccc1.Cl.Cl. The van der Waals surface area contributed by atoms with Crippen molar-refractivity contribution in [3.63, 3.8) is 0 Å². The zero-order valence-corrected chi connectivity index (χ0v) is 17.6. The van der Waals surface area contributed by atoms with Crippen LogP contribution in [0.25, 0.3) is 0 Å². The van der Waals surface area contributed by atoms with Crippen molar-refractivity contribution in [1.29, 1.82) is 0 Å². The van der Waals surface area contributed by atoms with E-state index < -0.39 is 6.04 Å². The van der Waals surface area contributed by atoms with E-state index in [4.69, 9.17) is 5.73 Å². The highest BCUT2D eigenvalue weighted by Gasteiger charge is 2.15. The Bertz CT molecular complexity index is 640. The van der Waals surface area contributed by atoms with Crippen LogP contribution in [-0.4, -0.2) is 36.5 Å². The van der Waals surface area contributed by atoms with Crippen molar-refractivity contribution in [1.82, 2.24) is 10.2 Å². The van der Waals surface area contributed by atoms with Crippen molar-refractivity contribution in [3.05, 3.63) is 71.8 Å². The van der Waals surface area contributed by atoms with E-state index in [-0.39, 0.29) is 30.7 Å². The summed E-state index contributed by atoms with van der Waals surface area (Å²) in [5.74, 6) is -0.0817. The van der Waals surface area contributed by atoms with E-state index in [1.54, 1.807) is 0 Å². The van der Waals surface area contributed by atoms with Gasteiger partial charge in [-0.2, -0.15) is 0 Å². The van der Waals surface area contributed by atoms with Crippen molar-refractivity contribution in [2.75, 3.05) is 13.6 Å². The lowest BCUT2D eigenvalue weighted by atomic mass is 10.1. The van der Waals surface area contributed by atoms with Gasteiger partial charge in [0.25, 0.3) is 0 Å². The van der Waals surface area contributed by atoms with E-state index in [1.807, 2.05) is 36.4 Å². The minimum atomic E-state index is -0.500. The third kappa shape index (κ3) is 9.25. The van der Waals surface area contributed by atoms with Gasteiger partial charge in [0.15, 0.2) is 0 Å². The lowest BCUT2D eigenvalue weighted by Gasteiger charge is -2.25. The van der Waals surface area contributed by atoms with Crippen molar-refractivity contribution in [2.24, 2.45) is 5.73 Å². The molecule has 0 aromatic heterocycles. The fraction of sp³-hybridized carbons (Fsp3) is 0.381. The van der Waals surface area contributed by atoms with Crippen LogP contribution in [0.5, 0.6) is 0 Å². The van der Waals surface area contributed by atoms with Crippen molar-refractivity contribution < 1.29 is 4.79 Å². The van der Waals surface area contributed by atoms with E-state index in [9.17, 15) is 4.79 Å². The van der Waals surface area contributed by atoms with Gasteiger partial charge in [0, 0.05) is 19.1 Å². The molecule has 0 fully saturated rings. The van der Waals surface area contributed by atoms with Crippen LogP contribution >= 0.6 is 24.8 Å². The van der Waals surface area contributed by atoms with Crippen LogP contribution in [0.1, 0.15) is 24.5 Å². The molecular formula is C21H31Cl2N3O. The monoisotopic (exact) mass is 411 g/mol. The predicted molar refractivity (Wildman–Crippen MR) is 118 cm³/mol. The molecule has 0 bridgehead atoms. The average Bonchev–Trinajstić information content (AvgIpc) is 2.63. The predicted octanol–water partition coefficient (Wildman–Crippen LogP) is 3.43. The first-order valence-corrected chi connectivity index (χ1v) is 8.87. The summed E-state index contributed by atoms with van der Waals surface area (Å²) < 4.78 is 0. The minimum Gasteiger partial charge on any atom is -0.355 e. The highest BCUT2D eigenvalue weighted by molar-refractivity contribution is 5.85. The van der Waals surface area contributed by atoms with Crippen molar-refractivity contribution in [2.45, 2.75) is 38.4 Å². The number of amides is 1. The van der Waals surface area contributed by atoms with E-state index in [0.29, 0.717) is 19.0 Å². The van der Waals surface area contributed by atoms with Crippen LogP contribution in [0.15, 0.2) is 60.7 Å². The Morgan fingerprint density at radius 3 is 2.07 bits per heavy atom. The summed E-state index contributed by atoms with van der Waals surface area (Å²) in [6.45, 7) is 3.73. The van der Waals surface area contributed by atoms with Gasteiger partial charge < -0.3 is 11.1 Å². The Morgan fingerprint density at radius 2 is 1.52 bits per heavy atom. The van der Waals surface area contributed by atoms with Crippen molar-refractivity contribution >= 4 is 30.7 Å². The molecule has 0 radical (unpaired) electrons. The van der Waals surface area contributed by atoms with Crippen LogP contribution in [0.2, 0.25) is 0 Å². The number of halogens is 2. The number of nitrogens with one attached hydrogen (secondary N) is 1. The number of hydrogen-bond donors (Lipinski definition) is 2. The van der Waals surface area contributed by atoms with Crippen LogP contribution in [-0.2, 0) is 17.8 Å². The summed E-state index contributed by atoms with van der Waals surface area (Å²) in [7, 11) is 2.11. The van der Waals surface area contributed by atoms with Gasteiger partial charge in [0.1, 0.15) is 0 Å². The van der Waals surface area contributed by atoms with Crippen LogP contribution in [0, 0.1) is 0 Å². The number of hydrogen-bond acceptors (Lipinski definition) is 3. The number of carbonyl (C=O) groups excluding carboxylic acids is 1. The lowest BCUT2D eigenvalue weighted by Crippen LogP contribution is -2.43. The average molecular weight is 412 g/mol. The standard InChI is InChI=1S/C21H29N3O.2ClH/c1-17(24(2)16-19-11-7-4-8-12-19)13-14-23-21(25)20(22)15-18-9-5-3-6-10-18;;/h3-12,17,20H,13-16,22H2,1-2H3,(H,23,25);2*1H. The van der Waals surface area contributed by atoms with Gasteiger partial charge in [-0.1, -0.05) is 60.7 Å². The molecule has 0 heterocycles. The molecule has 0 aliphatic heterocycles. The fourth-order valence-electron chi connectivity index (χ4n) is 2.74. The molecule has 150 valence electrons. The van der Waals surface area contributed by atoms with E-state index >= 15 is 0 Å². The summed E-state index contributed by atoms with van der Waals surface area (Å²) in [4.78, 5) is 14.4. The highest BCUT2D eigenvalue weighted by atomic mass is 35.5. The van der Waals surface area contributed by atoms with E-state index in [0.717, 1.165) is 18.5 Å². The number of rotatable bonds is 9. The van der Waals surface area contributed by atoms with Gasteiger partial charge in [-0.25, -0.2) is 0 Å². The van der Waals surface area contributed by atoms with Gasteiger partial charge in [-0.3, -0.25) is 9.69 Å². The molecule has 1 amide bonds. The molecule has 0 aliphatic rings. The molecule has 2 rings (SSSR count). The summed E-state index contributed by atoms with van der Waals surface area (Å²) in [5.41, 5.74) is 8.39. The molecule has 2 aromatic rings. The molecule has 2 aromatic carbocycles. The van der Waals surface area contributed by atoms with Gasteiger partial charge in [0.05, 0.1) is 6.04 Å². The second-order valence-electron chi connectivity index (χ2n) is 6.63. The Kier molecular flexibility index (Phi) is 12.8.